The predicted octanol–water partition coefficient (Wildman–Crippen LogP) is 3.30. The lowest BCUT2D eigenvalue weighted by atomic mass is 9.98. The van der Waals surface area contributed by atoms with Crippen molar-refractivity contribution in [2.45, 2.75) is 6.18 Å². The van der Waals surface area contributed by atoms with Crippen molar-refractivity contribution in [3.8, 4) is 16.9 Å². The molecule has 0 radical (unpaired) electrons. The summed E-state index contributed by atoms with van der Waals surface area (Å²) in [5, 5.41) is 0. The molecule has 12 heteroatoms. The number of sulfonamides is 1. The van der Waals surface area contributed by atoms with Crippen molar-refractivity contribution in [1.82, 2.24) is 9.97 Å². The number of halogens is 3. The highest BCUT2D eigenvalue weighted by Gasteiger charge is 2.36. The van der Waals surface area contributed by atoms with Gasteiger partial charge in [0.25, 0.3) is 5.56 Å². The van der Waals surface area contributed by atoms with E-state index in [2.05, 4.69) is 9.71 Å². The molecular formula is C21H18F3N3O5S. The van der Waals surface area contributed by atoms with Gasteiger partial charge >= 0.3 is 11.9 Å². The number of aromatic amines is 2. The van der Waals surface area contributed by atoms with E-state index >= 15 is 0 Å². The van der Waals surface area contributed by atoms with Crippen molar-refractivity contribution in [3.63, 3.8) is 0 Å². The fraction of sp³-hybridized carbons (Fsp3) is 0.143. The average molecular weight is 481 g/mol. The molecule has 1 heterocycles. The fourth-order valence-electron chi connectivity index (χ4n) is 3.06. The summed E-state index contributed by atoms with van der Waals surface area (Å²) < 4.78 is 71.1. The lowest BCUT2D eigenvalue weighted by Crippen LogP contribution is -2.22. The first-order valence-corrected chi connectivity index (χ1v) is 11.1. The van der Waals surface area contributed by atoms with Gasteiger partial charge in [0.05, 0.1) is 24.5 Å². The Balaban J connectivity index is 2.10. The number of alkyl halides is 3. The number of hydrogen-bond acceptors (Lipinski definition) is 5. The zero-order valence-corrected chi connectivity index (χ0v) is 18.1. The Kier molecular flexibility index (Phi) is 6.49. The summed E-state index contributed by atoms with van der Waals surface area (Å²) >= 11 is 0. The largest absolute Gasteiger partial charge is 0.495 e. The second-order valence-corrected chi connectivity index (χ2v) is 8.71. The summed E-state index contributed by atoms with van der Waals surface area (Å²) in [7, 11) is -2.35. The molecule has 0 aliphatic carbocycles. The van der Waals surface area contributed by atoms with Crippen molar-refractivity contribution in [1.29, 1.82) is 0 Å². The summed E-state index contributed by atoms with van der Waals surface area (Å²) in [6.45, 7) is 0. The van der Waals surface area contributed by atoms with Crippen LogP contribution in [0.25, 0.3) is 23.3 Å². The highest BCUT2D eigenvalue weighted by molar-refractivity contribution is 7.92. The van der Waals surface area contributed by atoms with Crippen LogP contribution in [-0.2, 0) is 16.2 Å². The molecule has 3 aromatic rings. The Bertz CT molecular complexity index is 1420. The summed E-state index contributed by atoms with van der Waals surface area (Å²) in [5.41, 5.74) is -2.04. The first kappa shape index (κ1) is 23.9. The molecule has 0 aliphatic rings. The van der Waals surface area contributed by atoms with Crippen LogP contribution in [0.1, 0.15) is 16.7 Å². The van der Waals surface area contributed by atoms with Crippen LogP contribution in [0.15, 0.2) is 52.2 Å². The van der Waals surface area contributed by atoms with Gasteiger partial charge in [-0.05, 0) is 35.4 Å². The van der Waals surface area contributed by atoms with E-state index in [0.717, 1.165) is 25.6 Å². The number of anilines is 1. The van der Waals surface area contributed by atoms with Crippen molar-refractivity contribution in [2.75, 3.05) is 18.1 Å². The number of H-pyrrole nitrogens is 2. The smallest absolute Gasteiger partial charge is 0.420 e. The molecule has 33 heavy (non-hydrogen) atoms. The molecule has 0 atom stereocenters. The number of aromatic nitrogens is 2. The van der Waals surface area contributed by atoms with Crippen LogP contribution in [0.4, 0.5) is 18.9 Å². The standard InChI is InChI=1S/C21H18F3N3O5S/c1-32-18-13(6-3-12-4-7-15(8-5-12)27-33(2,30)31)9-14(10-17(18)21(22,23)24)16-11-25-20(29)26-19(16)28/h3-11,27H,1-2H3,(H2,25,26,28,29)/b6-3+. The van der Waals surface area contributed by atoms with Crippen molar-refractivity contribution in [3.05, 3.63) is 80.1 Å². The van der Waals surface area contributed by atoms with E-state index in [0.29, 0.717) is 11.3 Å². The zero-order valence-electron chi connectivity index (χ0n) is 17.3. The minimum atomic E-state index is -4.78. The molecule has 0 saturated heterocycles. The molecule has 0 aliphatic heterocycles. The molecule has 1 aromatic heterocycles. The molecule has 3 N–H and O–H groups in total. The van der Waals surface area contributed by atoms with E-state index in [1.54, 1.807) is 12.1 Å². The van der Waals surface area contributed by atoms with Crippen LogP contribution in [0.2, 0.25) is 0 Å². The first-order chi connectivity index (χ1) is 15.4. The molecule has 0 unspecified atom stereocenters. The lowest BCUT2D eigenvalue weighted by molar-refractivity contribution is -0.138. The topological polar surface area (TPSA) is 121 Å². The van der Waals surface area contributed by atoms with Crippen molar-refractivity contribution < 1.29 is 26.3 Å². The minimum absolute atomic E-state index is 0.0336. The van der Waals surface area contributed by atoms with E-state index in [4.69, 9.17) is 4.74 Å². The Morgan fingerprint density at radius 1 is 1.06 bits per heavy atom. The van der Waals surface area contributed by atoms with E-state index < -0.39 is 38.8 Å². The molecule has 8 nitrogen and oxygen atoms in total. The van der Waals surface area contributed by atoms with Crippen LogP contribution >= 0.6 is 0 Å². The summed E-state index contributed by atoms with van der Waals surface area (Å²) in [6, 6.07) is 8.22. The van der Waals surface area contributed by atoms with Gasteiger partial charge in [0.15, 0.2) is 0 Å². The third kappa shape index (κ3) is 5.92. The summed E-state index contributed by atoms with van der Waals surface area (Å²) in [4.78, 5) is 27.6. The SMILES string of the molecule is COc1c(/C=C/c2ccc(NS(C)(=O)=O)cc2)cc(-c2c[nH]c(=O)[nH]c2=O)cc1C(F)(F)F. The number of ether oxygens (including phenoxy) is 1. The van der Waals surface area contributed by atoms with Gasteiger partial charge in [-0.2, -0.15) is 13.2 Å². The van der Waals surface area contributed by atoms with Crippen LogP contribution in [0.5, 0.6) is 5.75 Å². The second kappa shape index (κ2) is 8.98. The van der Waals surface area contributed by atoms with Crippen LogP contribution in [0.3, 0.4) is 0 Å². The summed E-state index contributed by atoms with van der Waals surface area (Å²) in [5.74, 6) is -0.446. The number of methoxy groups -OCH3 is 1. The Morgan fingerprint density at radius 2 is 1.73 bits per heavy atom. The van der Waals surface area contributed by atoms with E-state index in [1.165, 1.54) is 30.4 Å². The van der Waals surface area contributed by atoms with Crippen molar-refractivity contribution in [2.24, 2.45) is 0 Å². The van der Waals surface area contributed by atoms with Gasteiger partial charge in [0.2, 0.25) is 10.0 Å². The normalized spacial score (nSPS) is 12.2. The molecule has 0 spiro atoms. The number of rotatable bonds is 6. The van der Waals surface area contributed by atoms with E-state index in [1.807, 2.05) is 4.98 Å². The van der Waals surface area contributed by atoms with Gasteiger partial charge in [0.1, 0.15) is 5.75 Å². The fourth-order valence-corrected chi connectivity index (χ4v) is 3.62. The van der Waals surface area contributed by atoms with E-state index in [9.17, 15) is 31.2 Å². The molecular weight excluding hydrogens is 463 g/mol. The molecule has 2 aromatic carbocycles. The number of hydrogen-bond donors (Lipinski definition) is 3. The Morgan fingerprint density at radius 3 is 2.27 bits per heavy atom. The highest BCUT2D eigenvalue weighted by atomic mass is 32.2. The molecule has 0 amide bonds. The summed E-state index contributed by atoms with van der Waals surface area (Å²) in [6.07, 6.45) is 0.132. The minimum Gasteiger partial charge on any atom is -0.495 e. The average Bonchev–Trinajstić information content (AvgIpc) is 2.71. The predicted molar refractivity (Wildman–Crippen MR) is 119 cm³/mol. The number of nitrogens with one attached hydrogen (secondary N) is 3. The van der Waals surface area contributed by atoms with Crippen molar-refractivity contribution >= 4 is 27.9 Å². The third-order valence-electron chi connectivity index (χ3n) is 4.43. The maximum absolute atomic E-state index is 13.7. The Labute approximate surface area is 185 Å². The molecule has 0 bridgehead atoms. The van der Waals surface area contributed by atoms with Gasteiger partial charge < -0.3 is 9.72 Å². The van der Waals surface area contributed by atoms with Crippen LogP contribution in [0, 0.1) is 0 Å². The van der Waals surface area contributed by atoms with Gasteiger partial charge in [-0.1, -0.05) is 24.3 Å². The monoisotopic (exact) mass is 481 g/mol. The Hall–Kier alpha value is -3.80. The van der Waals surface area contributed by atoms with Crippen LogP contribution in [-0.4, -0.2) is 31.8 Å². The molecule has 174 valence electrons. The van der Waals surface area contributed by atoms with Gasteiger partial charge in [0, 0.05) is 17.4 Å². The van der Waals surface area contributed by atoms with Gasteiger partial charge in [-0.15, -0.1) is 0 Å². The van der Waals surface area contributed by atoms with Crippen LogP contribution < -0.4 is 20.7 Å². The molecule has 0 fully saturated rings. The maximum atomic E-state index is 13.7. The van der Waals surface area contributed by atoms with Gasteiger partial charge in [-0.3, -0.25) is 14.5 Å². The second-order valence-electron chi connectivity index (χ2n) is 6.96. The first-order valence-electron chi connectivity index (χ1n) is 9.25. The number of benzene rings is 2. The third-order valence-corrected chi connectivity index (χ3v) is 5.03. The zero-order chi connectivity index (χ0) is 24.4. The molecule has 3 rings (SSSR count). The van der Waals surface area contributed by atoms with Gasteiger partial charge in [-0.25, -0.2) is 13.2 Å². The lowest BCUT2D eigenvalue weighted by Gasteiger charge is -2.16. The maximum Gasteiger partial charge on any atom is 0.420 e. The molecule has 0 saturated carbocycles. The van der Waals surface area contributed by atoms with E-state index in [-0.39, 0.29) is 16.7 Å². The highest BCUT2D eigenvalue weighted by Crippen LogP contribution is 2.41. The quantitative estimate of drug-likeness (QED) is 0.467.